The molecule has 0 aliphatic heterocycles. The first-order chi connectivity index (χ1) is 16.5. The molecular formula is C25H34N2O6SSi. The maximum atomic E-state index is 14.1. The van der Waals surface area contributed by atoms with Gasteiger partial charge in [0.25, 0.3) is 10.0 Å². The lowest BCUT2D eigenvalue weighted by molar-refractivity contribution is 0.153. The van der Waals surface area contributed by atoms with Gasteiger partial charge in [-0.25, -0.2) is 12.7 Å². The van der Waals surface area contributed by atoms with Gasteiger partial charge < -0.3 is 19.5 Å². The highest BCUT2D eigenvalue weighted by atomic mass is 32.2. The van der Waals surface area contributed by atoms with Crippen molar-refractivity contribution in [1.82, 2.24) is 5.16 Å². The zero-order chi connectivity index (χ0) is 25.8. The summed E-state index contributed by atoms with van der Waals surface area (Å²) in [5.41, 5.74) is 3.35. The van der Waals surface area contributed by atoms with Crippen LogP contribution in [-0.2, 0) is 28.0 Å². The largest absolute Gasteiger partial charge is 0.392 e. The second kappa shape index (κ2) is 11.0. The molecule has 0 spiro atoms. The fourth-order valence-corrected chi connectivity index (χ4v) is 5.87. The fourth-order valence-electron chi connectivity index (χ4n) is 3.57. The third kappa shape index (κ3) is 6.20. The minimum atomic E-state index is -4.14. The highest BCUT2D eigenvalue weighted by Crippen LogP contribution is 2.35. The molecule has 3 rings (SSSR count). The highest BCUT2D eigenvalue weighted by molar-refractivity contribution is 7.93. The van der Waals surface area contributed by atoms with E-state index in [0.717, 1.165) is 10.3 Å². The molecule has 8 nitrogen and oxygen atoms in total. The number of aryl methyl sites for hydroxylation is 1. The zero-order valence-electron chi connectivity index (χ0n) is 20.9. The van der Waals surface area contributed by atoms with Crippen molar-refractivity contribution >= 4 is 24.0 Å². The quantitative estimate of drug-likeness (QED) is 0.219. The summed E-state index contributed by atoms with van der Waals surface area (Å²) < 4.78 is 40.5. The highest BCUT2D eigenvalue weighted by Gasteiger charge is 2.32. The Labute approximate surface area is 208 Å². The molecule has 0 radical (unpaired) electrons. The molecule has 35 heavy (non-hydrogen) atoms. The van der Waals surface area contributed by atoms with Crippen LogP contribution in [0.15, 0.2) is 51.9 Å². The molecule has 2 N–H and O–H groups in total. The van der Waals surface area contributed by atoms with Crippen molar-refractivity contribution in [2.45, 2.75) is 57.6 Å². The molecule has 10 heteroatoms. The molecule has 190 valence electrons. The Morgan fingerprint density at radius 2 is 1.74 bits per heavy atom. The molecule has 0 bridgehead atoms. The molecule has 2 aromatic carbocycles. The van der Waals surface area contributed by atoms with Crippen LogP contribution >= 0.6 is 0 Å². The van der Waals surface area contributed by atoms with Crippen molar-refractivity contribution in [3.63, 3.8) is 0 Å². The normalized spacial score (nSPS) is 12.2. The molecule has 0 amide bonds. The Morgan fingerprint density at radius 1 is 1.03 bits per heavy atom. The third-order valence-corrected chi connectivity index (χ3v) is 9.30. The standard InChI is InChI=1S/C25H34N2O6SSi/c1-18-19(2)26-33-25(18)27(17-32-12-13-35(3,4)5)34(30,31)24-9-7-6-8-23(24)22-11-10-20(15-28)14-21(22)16-29/h6-11,14,28-29H,12-13,15-17H2,1-5H3. The van der Waals surface area contributed by atoms with Gasteiger partial charge in [-0.1, -0.05) is 61.2 Å². The van der Waals surface area contributed by atoms with E-state index < -0.39 is 18.1 Å². The Hall–Kier alpha value is -2.50. The van der Waals surface area contributed by atoms with Crippen LogP contribution < -0.4 is 4.31 Å². The maximum absolute atomic E-state index is 14.1. The van der Waals surface area contributed by atoms with Crippen LogP contribution in [0.25, 0.3) is 11.1 Å². The zero-order valence-corrected chi connectivity index (χ0v) is 22.7. The topological polar surface area (TPSA) is 113 Å². The molecule has 0 saturated carbocycles. The van der Waals surface area contributed by atoms with Gasteiger partial charge in [0.15, 0.2) is 0 Å². The van der Waals surface area contributed by atoms with Gasteiger partial charge in [-0.3, -0.25) is 0 Å². The minimum Gasteiger partial charge on any atom is -0.392 e. The average molecular weight is 519 g/mol. The molecule has 0 atom stereocenters. The molecule has 1 aromatic heterocycles. The van der Waals surface area contributed by atoms with Crippen molar-refractivity contribution in [2.24, 2.45) is 0 Å². The summed E-state index contributed by atoms with van der Waals surface area (Å²) >= 11 is 0. The summed E-state index contributed by atoms with van der Waals surface area (Å²) in [4.78, 5) is 0.0497. The number of anilines is 1. The number of hydrogen-bond acceptors (Lipinski definition) is 7. The summed E-state index contributed by atoms with van der Waals surface area (Å²) in [6.07, 6.45) is 0. The van der Waals surface area contributed by atoms with Gasteiger partial charge in [-0.05, 0) is 42.6 Å². The van der Waals surface area contributed by atoms with E-state index in [2.05, 4.69) is 24.8 Å². The molecule has 0 unspecified atom stereocenters. The van der Waals surface area contributed by atoms with Crippen LogP contribution in [0.1, 0.15) is 22.4 Å². The summed E-state index contributed by atoms with van der Waals surface area (Å²) in [5, 5.41) is 23.4. The Bertz CT molecular complexity index is 1270. The van der Waals surface area contributed by atoms with Crippen LogP contribution in [0, 0.1) is 13.8 Å². The van der Waals surface area contributed by atoms with Gasteiger partial charge in [0, 0.05) is 25.8 Å². The molecule has 0 aliphatic carbocycles. The van der Waals surface area contributed by atoms with Crippen molar-refractivity contribution < 1.29 is 27.9 Å². The van der Waals surface area contributed by atoms with E-state index in [-0.39, 0.29) is 30.7 Å². The molecule has 1 heterocycles. The fraction of sp³-hybridized carbons (Fsp3) is 0.400. The summed E-state index contributed by atoms with van der Waals surface area (Å²) in [6.45, 7) is 9.93. The van der Waals surface area contributed by atoms with Gasteiger partial charge in [0.05, 0.1) is 23.8 Å². The van der Waals surface area contributed by atoms with Crippen molar-refractivity contribution in [3.05, 3.63) is 64.8 Å². The number of nitrogens with zero attached hydrogens (tertiary/aromatic N) is 2. The van der Waals surface area contributed by atoms with Crippen LogP contribution in [0.4, 0.5) is 5.88 Å². The van der Waals surface area contributed by atoms with E-state index in [9.17, 15) is 18.6 Å². The summed E-state index contributed by atoms with van der Waals surface area (Å²) in [7, 11) is -5.51. The Kier molecular flexibility index (Phi) is 8.55. The number of aliphatic hydroxyl groups is 2. The second-order valence-electron chi connectivity index (χ2n) is 9.70. The van der Waals surface area contributed by atoms with Gasteiger partial charge in [0.1, 0.15) is 6.73 Å². The number of aromatic nitrogens is 1. The SMILES string of the molecule is Cc1noc(N(COCC[Si](C)(C)C)S(=O)(=O)c2ccccc2-c2ccc(CO)cc2CO)c1C. The predicted molar refractivity (Wildman–Crippen MR) is 138 cm³/mol. The number of hydrogen-bond donors (Lipinski definition) is 2. The van der Waals surface area contributed by atoms with Crippen LogP contribution in [0.5, 0.6) is 0 Å². The third-order valence-electron chi connectivity index (χ3n) is 5.83. The first kappa shape index (κ1) is 27.1. The van der Waals surface area contributed by atoms with E-state index >= 15 is 0 Å². The van der Waals surface area contributed by atoms with Crippen molar-refractivity contribution in [1.29, 1.82) is 0 Å². The van der Waals surface area contributed by atoms with Crippen molar-refractivity contribution in [2.75, 3.05) is 17.6 Å². The van der Waals surface area contributed by atoms with E-state index in [1.54, 1.807) is 50.2 Å². The molecule has 0 saturated heterocycles. The van der Waals surface area contributed by atoms with Gasteiger partial charge in [-0.2, -0.15) is 0 Å². The number of ether oxygens (including phenoxy) is 1. The van der Waals surface area contributed by atoms with E-state index in [4.69, 9.17) is 9.26 Å². The lowest BCUT2D eigenvalue weighted by Gasteiger charge is -2.24. The predicted octanol–water partition coefficient (Wildman–Crippen LogP) is 4.45. The van der Waals surface area contributed by atoms with Gasteiger partial charge >= 0.3 is 0 Å². The lowest BCUT2D eigenvalue weighted by Crippen LogP contribution is -2.34. The van der Waals surface area contributed by atoms with Crippen LogP contribution in [-0.4, -0.2) is 45.2 Å². The molecular weight excluding hydrogens is 484 g/mol. The van der Waals surface area contributed by atoms with Crippen LogP contribution in [0.2, 0.25) is 25.7 Å². The lowest BCUT2D eigenvalue weighted by atomic mass is 9.98. The first-order valence-electron chi connectivity index (χ1n) is 11.5. The Balaban J connectivity index is 2.08. The average Bonchev–Trinajstić information content (AvgIpc) is 3.15. The van der Waals surface area contributed by atoms with Gasteiger partial charge in [-0.15, -0.1) is 0 Å². The van der Waals surface area contributed by atoms with Crippen LogP contribution in [0.3, 0.4) is 0 Å². The number of rotatable bonds is 11. The summed E-state index contributed by atoms with van der Waals surface area (Å²) in [5.74, 6) is 0.114. The van der Waals surface area contributed by atoms with E-state index in [1.165, 1.54) is 6.07 Å². The van der Waals surface area contributed by atoms with E-state index in [0.29, 0.717) is 40.1 Å². The summed E-state index contributed by atoms with van der Waals surface area (Å²) in [6, 6.07) is 12.6. The number of aliphatic hydroxyl groups excluding tert-OH is 2. The molecule has 3 aromatic rings. The number of benzene rings is 2. The molecule has 0 fully saturated rings. The van der Waals surface area contributed by atoms with Gasteiger partial charge in [0.2, 0.25) is 5.88 Å². The van der Waals surface area contributed by atoms with Crippen molar-refractivity contribution in [3.8, 4) is 11.1 Å². The smallest absolute Gasteiger partial charge is 0.269 e. The maximum Gasteiger partial charge on any atom is 0.269 e. The van der Waals surface area contributed by atoms with E-state index in [1.807, 2.05) is 0 Å². The monoisotopic (exact) mass is 518 g/mol. The first-order valence-corrected chi connectivity index (χ1v) is 16.6. The number of sulfonamides is 1. The molecule has 0 aliphatic rings. The Morgan fingerprint density at radius 3 is 2.34 bits per heavy atom. The minimum absolute atomic E-state index is 0.0497. The second-order valence-corrected chi connectivity index (χ2v) is 17.2.